The van der Waals surface area contributed by atoms with Gasteiger partial charge in [0.15, 0.2) is 0 Å². The molecule has 0 saturated carbocycles. The Morgan fingerprint density at radius 2 is 1.79 bits per heavy atom. The Morgan fingerprint density at radius 3 is 2.46 bits per heavy atom. The summed E-state index contributed by atoms with van der Waals surface area (Å²) in [4.78, 5) is 12.1. The monoisotopic (exact) mass is 350 g/mol. The highest BCUT2D eigenvalue weighted by Gasteiger charge is 2.11. The number of carbonyl (C=O) groups is 1. The molecule has 0 aromatic heterocycles. The van der Waals surface area contributed by atoms with Crippen LogP contribution in [0.5, 0.6) is 17.2 Å². The number of hydrogen-bond donors (Lipinski definition) is 2. The summed E-state index contributed by atoms with van der Waals surface area (Å²) in [5.74, 6) is 1.48. The van der Waals surface area contributed by atoms with E-state index in [9.17, 15) is 4.79 Å². The zero-order chi connectivity index (χ0) is 17.5. The molecule has 7 heteroatoms. The number of nitrogens with one attached hydrogen (secondary N) is 2. The van der Waals surface area contributed by atoms with E-state index in [1.165, 1.54) is 14.2 Å². The van der Waals surface area contributed by atoms with Gasteiger partial charge in [0.1, 0.15) is 17.2 Å². The van der Waals surface area contributed by atoms with Gasteiger partial charge in [-0.2, -0.15) is 0 Å². The lowest BCUT2D eigenvalue weighted by Gasteiger charge is -2.14. The van der Waals surface area contributed by atoms with Crippen LogP contribution in [0.15, 0.2) is 36.4 Å². The van der Waals surface area contributed by atoms with Crippen LogP contribution in [0.2, 0.25) is 5.02 Å². The normalized spacial score (nSPS) is 10.0. The van der Waals surface area contributed by atoms with Crippen LogP contribution < -0.4 is 24.8 Å². The van der Waals surface area contributed by atoms with Crippen molar-refractivity contribution in [3.8, 4) is 17.2 Å². The maximum Gasteiger partial charge on any atom is 0.243 e. The molecule has 0 aliphatic heterocycles. The second kappa shape index (κ2) is 8.31. The van der Waals surface area contributed by atoms with Crippen LogP contribution in [0, 0.1) is 0 Å². The molecule has 2 aromatic rings. The van der Waals surface area contributed by atoms with E-state index in [4.69, 9.17) is 25.8 Å². The van der Waals surface area contributed by atoms with Crippen molar-refractivity contribution >= 4 is 28.9 Å². The van der Waals surface area contributed by atoms with Gasteiger partial charge in [0.25, 0.3) is 0 Å². The van der Waals surface area contributed by atoms with E-state index in [1.54, 1.807) is 43.5 Å². The van der Waals surface area contributed by atoms with Gasteiger partial charge in [0.2, 0.25) is 5.91 Å². The molecule has 0 radical (unpaired) electrons. The van der Waals surface area contributed by atoms with E-state index in [2.05, 4.69) is 10.6 Å². The predicted molar refractivity (Wildman–Crippen MR) is 94.7 cm³/mol. The molecule has 0 atom stereocenters. The largest absolute Gasteiger partial charge is 0.497 e. The summed E-state index contributed by atoms with van der Waals surface area (Å²) in [7, 11) is 4.62. The fourth-order valence-corrected chi connectivity index (χ4v) is 2.31. The van der Waals surface area contributed by atoms with E-state index in [0.717, 1.165) is 0 Å². The molecule has 0 fully saturated rings. The molecule has 2 aromatic carbocycles. The Bertz CT molecular complexity index is 722. The summed E-state index contributed by atoms with van der Waals surface area (Å²) in [6.45, 7) is 0.0539. The number of hydrogen-bond acceptors (Lipinski definition) is 5. The quantitative estimate of drug-likeness (QED) is 0.800. The number of ether oxygens (including phenoxy) is 3. The summed E-state index contributed by atoms with van der Waals surface area (Å²) in [5.41, 5.74) is 1.27. The molecule has 2 rings (SSSR count). The number of halogens is 1. The lowest BCUT2D eigenvalue weighted by molar-refractivity contribution is -0.114. The Balaban J connectivity index is 2.03. The smallest absolute Gasteiger partial charge is 0.243 e. The number of anilines is 2. The average Bonchev–Trinajstić information content (AvgIpc) is 2.60. The highest BCUT2D eigenvalue weighted by atomic mass is 35.5. The zero-order valence-electron chi connectivity index (χ0n) is 13.7. The van der Waals surface area contributed by atoms with Crippen molar-refractivity contribution in [2.75, 3.05) is 38.5 Å². The first-order valence-corrected chi connectivity index (χ1v) is 7.54. The standard InChI is InChI=1S/C17H19ClN2O4/c1-22-12-6-4-5-11(7-12)20-17(21)10-19-14-9-15(23-2)13(18)8-16(14)24-3/h4-9,19H,10H2,1-3H3,(H,20,21). The van der Waals surface area contributed by atoms with E-state index in [-0.39, 0.29) is 12.5 Å². The van der Waals surface area contributed by atoms with Gasteiger partial charge in [0.05, 0.1) is 38.6 Å². The minimum absolute atomic E-state index is 0.0539. The lowest BCUT2D eigenvalue weighted by Crippen LogP contribution is -2.22. The third-order valence-electron chi connectivity index (χ3n) is 3.27. The minimum Gasteiger partial charge on any atom is -0.497 e. The van der Waals surface area contributed by atoms with E-state index >= 15 is 0 Å². The van der Waals surface area contributed by atoms with Crippen LogP contribution in [-0.2, 0) is 4.79 Å². The minimum atomic E-state index is -0.209. The molecule has 6 nitrogen and oxygen atoms in total. The molecular formula is C17H19ClN2O4. The molecule has 2 N–H and O–H groups in total. The van der Waals surface area contributed by atoms with Gasteiger partial charge >= 0.3 is 0 Å². The molecule has 0 saturated heterocycles. The van der Waals surface area contributed by atoms with E-state index in [1.807, 2.05) is 0 Å². The van der Waals surface area contributed by atoms with Crippen molar-refractivity contribution in [3.63, 3.8) is 0 Å². The Labute approximate surface area is 145 Å². The first-order valence-electron chi connectivity index (χ1n) is 7.16. The number of benzene rings is 2. The average molecular weight is 351 g/mol. The first-order chi connectivity index (χ1) is 11.6. The fourth-order valence-electron chi connectivity index (χ4n) is 2.08. The number of methoxy groups -OCH3 is 3. The van der Waals surface area contributed by atoms with Gasteiger partial charge < -0.3 is 24.8 Å². The van der Waals surface area contributed by atoms with Crippen molar-refractivity contribution in [2.24, 2.45) is 0 Å². The molecule has 24 heavy (non-hydrogen) atoms. The van der Waals surface area contributed by atoms with Crippen molar-refractivity contribution in [2.45, 2.75) is 0 Å². The van der Waals surface area contributed by atoms with Crippen molar-refractivity contribution in [3.05, 3.63) is 41.4 Å². The lowest BCUT2D eigenvalue weighted by atomic mass is 10.2. The predicted octanol–water partition coefficient (Wildman–Crippen LogP) is 3.42. The van der Waals surface area contributed by atoms with Crippen molar-refractivity contribution < 1.29 is 19.0 Å². The summed E-state index contributed by atoms with van der Waals surface area (Å²) >= 11 is 6.05. The molecule has 0 heterocycles. The van der Waals surface area contributed by atoms with Gasteiger partial charge in [0, 0.05) is 23.9 Å². The van der Waals surface area contributed by atoms with Crippen LogP contribution in [-0.4, -0.2) is 33.8 Å². The molecule has 0 bridgehead atoms. The van der Waals surface area contributed by atoms with Gasteiger partial charge in [-0.1, -0.05) is 17.7 Å². The Hall–Kier alpha value is -2.60. The second-order valence-corrected chi connectivity index (χ2v) is 5.23. The molecule has 0 unspecified atom stereocenters. The summed E-state index contributed by atoms with van der Waals surface area (Å²) in [5, 5.41) is 6.22. The van der Waals surface area contributed by atoms with E-state index in [0.29, 0.717) is 33.6 Å². The number of rotatable bonds is 7. The Kier molecular flexibility index (Phi) is 6.14. The van der Waals surface area contributed by atoms with Crippen molar-refractivity contribution in [1.29, 1.82) is 0 Å². The number of amides is 1. The zero-order valence-corrected chi connectivity index (χ0v) is 14.4. The van der Waals surface area contributed by atoms with Gasteiger partial charge in [-0.15, -0.1) is 0 Å². The van der Waals surface area contributed by atoms with Crippen LogP contribution in [0.3, 0.4) is 0 Å². The van der Waals surface area contributed by atoms with Crippen LogP contribution in [0.25, 0.3) is 0 Å². The topological polar surface area (TPSA) is 68.8 Å². The van der Waals surface area contributed by atoms with Crippen LogP contribution in [0.4, 0.5) is 11.4 Å². The SMILES string of the molecule is COc1cccc(NC(=O)CNc2cc(OC)c(Cl)cc2OC)c1. The molecule has 1 amide bonds. The van der Waals surface area contributed by atoms with E-state index < -0.39 is 0 Å². The van der Waals surface area contributed by atoms with Gasteiger partial charge in [-0.25, -0.2) is 0 Å². The molecule has 128 valence electrons. The fraction of sp³-hybridized carbons (Fsp3) is 0.235. The number of carbonyl (C=O) groups excluding carboxylic acids is 1. The summed E-state index contributed by atoms with van der Waals surface area (Å²) in [6, 6.07) is 10.4. The highest BCUT2D eigenvalue weighted by Crippen LogP contribution is 2.35. The third kappa shape index (κ3) is 4.45. The Morgan fingerprint density at radius 1 is 1.04 bits per heavy atom. The second-order valence-electron chi connectivity index (χ2n) is 4.82. The van der Waals surface area contributed by atoms with Crippen molar-refractivity contribution in [1.82, 2.24) is 0 Å². The molecule has 0 aliphatic rings. The molecule has 0 aliphatic carbocycles. The molecular weight excluding hydrogens is 332 g/mol. The summed E-state index contributed by atoms with van der Waals surface area (Å²) < 4.78 is 15.5. The maximum atomic E-state index is 12.1. The maximum absolute atomic E-state index is 12.1. The highest BCUT2D eigenvalue weighted by molar-refractivity contribution is 6.32. The first kappa shape index (κ1) is 17.7. The summed E-state index contributed by atoms with van der Waals surface area (Å²) in [6.07, 6.45) is 0. The van der Waals surface area contributed by atoms with Gasteiger partial charge in [-0.05, 0) is 12.1 Å². The van der Waals surface area contributed by atoms with Gasteiger partial charge in [-0.3, -0.25) is 4.79 Å². The molecule has 0 spiro atoms. The van der Waals surface area contributed by atoms with Crippen LogP contribution >= 0.6 is 11.6 Å². The third-order valence-corrected chi connectivity index (χ3v) is 3.56. The van der Waals surface area contributed by atoms with Crippen LogP contribution in [0.1, 0.15) is 0 Å².